The van der Waals surface area contributed by atoms with Crippen LogP contribution >= 0.6 is 0 Å². The van der Waals surface area contributed by atoms with Crippen LogP contribution in [0.3, 0.4) is 0 Å². The van der Waals surface area contributed by atoms with Gasteiger partial charge in [0.15, 0.2) is 6.10 Å². The van der Waals surface area contributed by atoms with Gasteiger partial charge in [0.1, 0.15) is 13.2 Å². The van der Waals surface area contributed by atoms with Crippen molar-refractivity contribution in [1.29, 1.82) is 0 Å². The molecule has 0 saturated heterocycles. The molecule has 0 aromatic heterocycles. The van der Waals surface area contributed by atoms with E-state index in [-0.39, 0.29) is 31.1 Å². The zero-order valence-corrected chi connectivity index (χ0v) is 39.4. The van der Waals surface area contributed by atoms with Gasteiger partial charge >= 0.3 is 17.9 Å². The molecule has 0 aromatic carbocycles. The second-order valence-corrected chi connectivity index (χ2v) is 16.1. The molecule has 6 nitrogen and oxygen atoms in total. The first kappa shape index (κ1) is 57.3. The minimum Gasteiger partial charge on any atom is -0.462 e. The molecule has 6 heteroatoms. The third-order valence-electron chi connectivity index (χ3n) is 10.2. The summed E-state index contributed by atoms with van der Waals surface area (Å²) in [6, 6.07) is 0. The standard InChI is InChI=1S/C55H90O6/c1-4-7-10-13-16-19-22-24-26-27-28-30-31-33-36-39-42-45-48-54(57)60-51-52(50-59-53(56)47-44-41-38-35-21-18-15-12-9-6-3)61-55(58)49-46-43-40-37-34-32-29-25-23-20-17-14-11-8-5-2/h8,11,14-15,17-18,20,22-30,52H,4-7,9-10,12-13,16,19,21,31-51H2,1-3H3/b11-8-,17-14-,18-15-,23-20-,24-22-,27-26-,29-25-,30-28-. The second kappa shape index (κ2) is 49.0. The normalized spacial score (nSPS) is 12.9. The Bertz CT molecular complexity index is 1250. The minimum atomic E-state index is -0.803. The van der Waals surface area contributed by atoms with Crippen LogP contribution in [0.15, 0.2) is 97.2 Å². The molecule has 346 valence electrons. The Morgan fingerprint density at radius 2 is 0.672 bits per heavy atom. The molecule has 0 amide bonds. The first-order valence-corrected chi connectivity index (χ1v) is 24.8. The first-order chi connectivity index (χ1) is 30.0. The van der Waals surface area contributed by atoms with Crippen molar-refractivity contribution >= 4 is 17.9 Å². The Morgan fingerprint density at radius 3 is 1.10 bits per heavy atom. The topological polar surface area (TPSA) is 78.9 Å². The molecule has 0 aromatic rings. The number of rotatable bonds is 43. The largest absolute Gasteiger partial charge is 0.462 e. The van der Waals surface area contributed by atoms with Crippen LogP contribution in [0, 0.1) is 0 Å². The van der Waals surface area contributed by atoms with Gasteiger partial charge in [-0.15, -0.1) is 0 Å². The van der Waals surface area contributed by atoms with Crippen molar-refractivity contribution < 1.29 is 28.6 Å². The maximum absolute atomic E-state index is 12.8. The molecule has 0 spiro atoms. The van der Waals surface area contributed by atoms with Gasteiger partial charge in [0.25, 0.3) is 0 Å². The molecule has 0 aliphatic carbocycles. The number of carbonyl (C=O) groups excluding carboxylic acids is 3. The molecular weight excluding hydrogens is 757 g/mol. The fraction of sp³-hybridized carbons (Fsp3) is 0.655. The molecule has 0 heterocycles. The Labute approximate surface area is 375 Å². The van der Waals surface area contributed by atoms with E-state index in [2.05, 4.69) is 93.7 Å². The molecular formula is C55H90O6. The van der Waals surface area contributed by atoms with E-state index >= 15 is 0 Å². The second-order valence-electron chi connectivity index (χ2n) is 16.1. The average Bonchev–Trinajstić information content (AvgIpc) is 3.26. The van der Waals surface area contributed by atoms with Crippen LogP contribution in [0.4, 0.5) is 0 Å². The molecule has 61 heavy (non-hydrogen) atoms. The Kier molecular flexibility index (Phi) is 46.0. The molecule has 0 radical (unpaired) electrons. The third-order valence-corrected chi connectivity index (χ3v) is 10.2. The van der Waals surface area contributed by atoms with Crippen molar-refractivity contribution in [3.63, 3.8) is 0 Å². The van der Waals surface area contributed by atoms with Crippen molar-refractivity contribution in [2.24, 2.45) is 0 Å². The highest BCUT2D eigenvalue weighted by atomic mass is 16.6. The van der Waals surface area contributed by atoms with Crippen molar-refractivity contribution in [3.8, 4) is 0 Å². The van der Waals surface area contributed by atoms with Crippen molar-refractivity contribution in [2.75, 3.05) is 13.2 Å². The van der Waals surface area contributed by atoms with E-state index in [1.807, 2.05) is 24.3 Å². The Balaban J connectivity index is 4.46. The zero-order chi connectivity index (χ0) is 44.4. The van der Waals surface area contributed by atoms with E-state index < -0.39 is 6.10 Å². The van der Waals surface area contributed by atoms with Crippen LogP contribution in [0.1, 0.15) is 213 Å². The summed E-state index contributed by atoms with van der Waals surface area (Å²) in [6.45, 7) is 6.37. The predicted octanol–water partition coefficient (Wildman–Crippen LogP) is 16.2. The lowest BCUT2D eigenvalue weighted by atomic mass is 10.1. The quantitative estimate of drug-likeness (QED) is 0.0200. The van der Waals surface area contributed by atoms with Crippen LogP contribution in [0.2, 0.25) is 0 Å². The Hall–Kier alpha value is -3.67. The molecule has 0 N–H and O–H groups in total. The molecule has 0 bridgehead atoms. The van der Waals surface area contributed by atoms with Gasteiger partial charge in [0.05, 0.1) is 0 Å². The zero-order valence-electron chi connectivity index (χ0n) is 39.4. The summed E-state index contributed by atoms with van der Waals surface area (Å²) >= 11 is 0. The van der Waals surface area contributed by atoms with Crippen molar-refractivity contribution in [3.05, 3.63) is 97.2 Å². The summed E-state index contributed by atoms with van der Waals surface area (Å²) < 4.78 is 16.7. The summed E-state index contributed by atoms with van der Waals surface area (Å²) in [6.07, 6.45) is 63.9. The van der Waals surface area contributed by atoms with Crippen LogP contribution < -0.4 is 0 Å². The van der Waals surface area contributed by atoms with Gasteiger partial charge in [-0.25, -0.2) is 0 Å². The number of hydrogen-bond acceptors (Lipinski definition) is 6. The smallest absolute Gasteiger partial charge is 0.306 e. The SMILES string of the molecule is CC\C=C/C=C\C=C/C=C\CCCCCCCC(=O)OC(COC(=O)CCCCCC/C=C\CCCC)COC(=O)CCCCCCC\C=C/C=C\C=C/CCCCCCC. The minimum absolute atomic E-state index is 0.102. The molecule has 0 rings (SSSR count). The molecule has 0 aliphatic rings. The van der Waals surface area contributed by atoms with Gasteiger partial charge in [-0.05, 0) is 83.5 Å². The number of hydrogen-bond donors (Lipinski definition) is 0. The molecule has 0 saturated carbocycles. The molecule has 1 atom stereocenters. The number of esters is 3. The predicted molar refractivity (Wildman–Crippen MR) is 260 cm³/mol. The monoisotopic (exact) mass is 847 g/mol. The van der Waals surface area contributed by atoms with E-state index in [1.165, 1.54) is 44.9 Å². The summed E-state index contributed by atoms with van der Waals surface area (Å²) in [5.41, 5.74) is 0. The van der Waals surface area contributed by atoms with Gasteiger partial charge < -0.3 is 14.2 Å². The summed E-state index contributed by atoms with van der Waals surface area (Å²) in [4.78, 5) is 37.9. The van der Waals surface area contributed by atoms with Gasteiger partial charge in [0.2, 0.25) is 0 Å². The van der Waals surface area contributed by atoms with E-state index in [4.69, 9.17) is 14.2 Å². The van der Waals surface area contributed by atoms with E-state index in [1.54, 1.807) is 0 Å². The maximum atomic E-state index is 12.8. The van der Waals surface area contributed by atoms with Gasteiger partial charge in [0, 0.05) is 19.3 Å². The van der Waals surface area contributed by atoms with Gasteiger partial charge in [-0.2, -0.15) is 0 Å². The third kappa shape index (κ3) is 47.2. The summed E-state index contributed by atoms with van der Waals surface area (Å²) in [7, 11) is 0. The number of unbranched alkanes of at least 4 members (excludes halogenated alkanes) is 21. The van der Waals surface area contributed by atoms with Crippen molar-refractivity contribution in [1.82, 2.24) is 0 Å². The van der Waals surface area contributed by atoms with Crippen LogP contribution in [-0.2, 0) is 28.6 Å². The van der Waals surface area contributed by atoms with E-state index in [0.29, 0.717) is 19.3 Å². The first-order valence-electron chi connectivity index (χ1n) is 24.8. The molecule has 0 fully saturated rings. The van der Waals surface area contributed by atoms with Crippen LogP contribution in [0.5, 0.6) is 0 Å². The van der Waals surface area contributed by atoms with Crippen molar-refractivity contribution in [2.45, 2.75) is 219 Å². The lowest BCUT2D eigenvalue weighted by Crippen LogP contribution is -2.30. The highest BCUT2D eigenvalue weighted by Gasteiger charge is 2.19. The number of ether oxygens (including phenoxy) is 3. The highest BCUT2D eigenvalue weighted by Crippen LogP contribution is 2.13. The van der Waals surface area contributed by atoms with Crippen LogP contribution in [-0.4, -0.2) is 37.2 Å². The lowest BCUT2D eigenvalue weighted by Gasteiger charge is -2.18. The Morgan fingerprint density at radius 1 is 0.344 bits per heavy atom. The lowest BCUT2D eigenvalue weighted by molar-refractivity contribution is -0.167. The molecule has 1 unspecified atom stereocenters. The maximum Gasteiger partial charge on any atom is 0.306 e. The highest BCUT2D eigenvalue weighted by molar-refractivity contribution is 5.71. The van der Waals surface area contributed by atoms with E-state index in [0.717, 1.165) is 128 Å². The number of allylic oxidation sites excluding steroid dienone is 16. The summed E-state index contributed by atoms with van der Waals surface area (Å²) in [5.74, 6) is -0.964. The van der Waals surface area contributed by atoms with Crippen LogP contribution in [0.25, 0.3) is 0 Å². The van der Waals surface area contributed by atoms with Gasteiger partial charge in [-0.1, -0.05) is 208 Å². The van der Waals surface area contributed by atoms with Gasteiger partial charge in [-0.3, -0.25) is 14.4 Å². The summed E-state index contributed by atoms with van der Waals surface area (Å²) in [5, 5.41) is 0. The fourth-order valence-corrected chi connectivity index (χ4v) is 6.43. The number of carbonyl (C=O) groups is 3. The average molecular weight is 847 g/mol. The van der Waals surface area contributed by atoms with E-state index in [9.17, 15) is 14.4 Å². The fourth-order valence-electron chi connectivity index (χ4n) is 6.43. The molecule has 0 aliphatic heterocycles.